The van der Waals surface area contributed by atoms with E-state index in [-0.39, 0.29) is 6.10 Å². The van der Waals surface area contributed by atoms with Gasteiger partial charge < -0.3 is 4.90 Å². The summed E-state index contributed by atoms with van der Waals surface area (Å²) in [6.07, 6.45) is 2.39. The fraction of sp³-hybridized carbons (Fsp3) is 0.571. The fourth-order valence-corrected chi connectivity index (χ4v) is 2.35. The molecule has 3 nitrogen and oxygen atoms in total. The second-order valence-electron chi connectivity index (χ2n) is 5.09. The minimum atomic E-state index is 0.175. The predicted octanol–water partition coefficient (Wildman–Crippen LogP) is 2.67. The Labute approximate surface area is 104 Å². The Kier molecular flexibility index (Phi) is 4.02. The van der Waals surface area contributed by atoms with Gasteiger partial charge in [-0.05, 0) is 36.5 Å². The van der Waals surface area contributed by atoms with Crippen molar-refractivity contribution in [2.24, 2.45) is 5.90 Å². The highest BCUT2D eigenvalue weighted by atomic mass is 16.6. The van der Waals surface area contributed by atoms with Crippen molar-refractivity contribution in [3.05, 3.63) is 29.8 Å². The normalized spacial score (nSPS) is 20.9. The summed E-state index contributed by atoms with van der Waals surface area (Å²) in [5, 5.41) is 0. The maximum absolute atomic E-state index is 5.28. The largest absolute Gasteiger partial charge is 0.369 e. The zero-order valence-electron chi connectivity index (χ0n) is 10.7. The third-order valence-corrected chi connectivity index (χ3v) is 3.50. The summed E-state index contributed by atoms with van der Waals surface area (Å²) in [6, 6.07) is 8.84. The topological polar surface area (TPSA) is 38.5 Å². The Morgan fingerprint density at radius 2 is 2.00 bits per heavy atom. The number of nitrogens with zero attached hydrogens (tertiary/aromatic N) is 1. The van der Waals surface area contributed by atoms with E-state index in [1.54, 1.807) is 0 Å². The van der Waals surface area contributed by atoms with Crippen molar-refractivity contribution in [2.45, 2.75) is 38.7 Å². The summed E-state index contributed by atoms with van der Waals surface area (Å²) < 4.78 is 0. The summed E-state index contributed by atoms with van der Waals surface area (Å²) in [5.41, 5.74) is 2.66. The Balaban J connectivity index is 2.06. The minimum absolute atomic E-state index is 0.175. The van der Waals surface area contributed by atoms with Gasteiger partial charge in [0.1, 0.15) is 0 Å². The first-order chi connectivity index (χ1) is 8.20. The van der Waals surface area contributed by atoms with Gasteiger partial charge >= 0.3 is 0 Å². The number of benzene rings is 1. The fourth-order valence-electron chi connectivity index (χ4n) is 2.35. The van der Waals surface area contributed by atoms with E-state index in [0.717, 1.165) is 25.9 Å². The molecule has 1 aliphatic rings. The minimum Gasteiger partial charge on any atom is -0.369 e. The van der Waals surface area contributed by atoms with E-state index in [4.69, 9.17) is 10.7 Å². The van der Waals surface area contributed by atoms with Gasteiger partial charge in [0.05, 0.1) is 6.10 Å². The Morgan fingerprint density at radius 3 is 2.59 bits per heavy atom. The van der Waals surface area contributed by atoms with Crippen LogP contribution in [0.4, 0.5) is 5.69 Å². The zero-order chi connectivity index (χ0) is 12.3. The van der Waals surface area contributed by atoms with Crippen molar-refractivity contribution >= 4 is 5.69 Å². The molecule has 3 heteroatoms. The first kappa shape index (κ1) is 12.4. The van der Waals surface area contributed by atoms with Gasteiger partial charge in [0.2, 0.25) is 0 Å². The highest BCUT2D eigenvalue weighted by Crippen LogP contribution is 2.23. The van der Waals surface area contributed by atoms with Crippen LogP contribution in [0.2, 0.25) is 0 Å². The van der Waals surface area contributed by atoms with Gasteiger partial charge in [0.15, 0.2) is 0 Å². The molecule has 1 aliphatic heterocycles. The van der Waals surface area contributed by atoms with Crippen LogP contribution >= 0.6 is 0 Å². The molecule has 1 saturated heterocycles. The molecule has 2 rings (SSSR count). The molecular weight excluding hydrogens is 212 g/mol. The van der Waals surface area contributed by atoms with Gasteiger partial charge in [-0.2, -0.15) is 0 Å². The van der Waals surface area contributed by atoms with Gasteiger partial charge in [-0.3, -0.25) is 4.84 Å². The number of piperidine rings is 1. The van der Waals surface area contributed by atoms with Crippen LogP contribution in [-0.2, 0) is 4.84 Å². The van der Waals surface area contributed by atoms with Crippen molar-refractivity contribution < 1.29 is 4.84 Å². The smallest absolute Gasteiger partial charge is 0.0962 e. The first-order valence-corrected chi connectivity index (χ1v) is 6.41. The highest BCUT2D eigenvalue weighted by Gasteiger charge is 2.20. The van der Waals surface area contributed by atoms with Crippen molar-refractivity contribution in [3.63, 3.8) is 0 Å². The van der Waals surface area contributed by atoms with Crippen LogP contribution in [0.3, 0.4) is 0 Å². The third-order valence-electron chi connectivity index (χ3n) is 3.50. The summed E-state index contributed by atoms with van der Waals surface area (Å²) in [6.45, 7) is 6.43. The van der Waals surface area contributed by atoms with Gasteiger partial charge in [-0.25, -0.2) is 5.90 Å². The molecular formula is C14H22N2O. The van der Waals surface area contributed by atoms with E-state index in [1.807, 2.05) is 0 Å². The zero-order valence-corrected chi connectivity index (χ0v) is 10.7. The van der Waals surface area contributed by atoms with Gasteiger partial charge in [-0.1, -0.05) is 26.0 Å². The summed E-state index contributed by atoms with van der Waals surface area (Å²) in [5.74, 6) is 5.87. The summed E-state index contributed by atoms with van der Waals surface area (Å²) in [4.78, 5) is 7.32. The van der Waals surface area contributed by atoms with Crippen LogP contribution in [0.25, 0.3) is 0 Å². The molecule has 1 heterocycles. The van der Waals surface area contributed by atoms with Crippen molar-refractivity contribution in [1.82, 2.24) is 0 Å². The van der Waals surface area contributed by atoms with Crippen LogP contribution in [0.15, 0.2) is 24.3 Å². The van der Waals surface area contributed by atoms with Crippen LogP contribution in [-0.4, -0.2) is 19.2 Å². The molecule has 0 aliphatic carbocycles. The lowest BCUT2D eigenvalue weighted by Crippen LogP contribution is -2.40. The maximum Gasteiger partial charge on any atom is 0.0962 e. The van der Waals surface area contributed by atoms with Crippen molar-refractivity contribution in [2.75, 3.05) is 18.0 Å². The van der Waals surface area contributed by atoms with Crippen molar-refractivity contribution in [1.29, 1.82) is 0 Å². The summed E-state index contributed by atoms with van der Waals surface area (Å²) in [7, 11) is 0. The second-order valence-corrected chi connectivity index (χ2v) is 5.09. The molecule has 0 aromatic heterocycles. The average molecular weight is 234 g/mol. The van der Waals surface area contributed by atoms with E-state index in [2.05, 4.69) is 43.0 Å². The maximum atomic E-state index is 5.28. The molecule has 0 amide bonds. The van der Waals surface area contributed by atoms with Crippen LogP contribution in [0.5, 0.6) is 0 Å². The molecule has 17 heavy (non-hydrogen) atoms. The first-order valence-electron chi connectivity index (χ1n) is 6.41. The van der Waals surface area contributed by atoms with E-state index in [1.165, 1.54) is 11.3 Å². The van der Waals surface area contributed by atoms with E-state index >= 15 is 0 Å². The Morgan fingerprint density at radius 1 is 1.29 bits per heavy atom. The van der Waals surface area contributed by atoms with Gasteiger partial charge in [0.25, 0.3) is 0 Å². The molecule has 0 radical (unpaired) electrons. The lowest BCUT2D eigenvalue weighted by Gasteiger charge is -2.33. The highest BCUT2D eigenvalue weighted by molar-refractivity contribution is 5.48. The second kappa shape index (κ2) is 5.52. The monoisotopic (exact) mass is 234 g/mol. The van der Waals surface area contributed by atoms with Crippen LogP contribution in [0, 0.1) is 0 Å². The predicted molar refractivity (Wildman–Crippen MR) is 71.0 cm³/mol. The molecule has 1 atom stereocenters. The van der Waals surface area contributed by atoms with E-state index < -0.39 is 0 Å². The standard InChI is InChI=1S/C14H22N2O/c1-11(2)12-5-7-13(8-6-12)16-9-3-4-14(10-16)17-15/h5-8,11,14H,3-4,9-10,15H2,1-2H3. The number of nitrogens with two attached hydrogens (primary N) is 1. The number of hydrogen-bond donors (Lipinski definition) is 1. The summed E-state index contributed by atoms with van der Waals surface area (Å²) >= 11 is 0. The SMILES string of the molecule is CC(C)c1ccc(N2CCCC(ON)C2)cc1. The lowest BCUT2D eigenvalue weighted by atomic mass is 10.0. The number of hydrogen-bond acceptors (Lipinski definition) is 3. The molecule has 0 bridgehead atoms. The molecule has 94 valence electrons. The Bertz CT molecular complexity index is 348. The van der Waals surface area contributed by atoms with Gasteiger partial charge in [-0.15, -0.1) is 0 Å². The van der Waals surface area contributed by atoms with Crippen LogP contribution < -0.4 is 10.8 Å². The van der Waals surface area contributed by atoms with Crippen molar-refractivity contribution in [3.8, 4) is 0 Å². The molecule has 2 N–H and O–H groups in total. The Hall–Kier alpha value is -1.06. The number of rotatable bonds is 3. The quantitative estimate of drug-likeness (QED) is 0.817. The molecule has 1 unspecified atom stereocenters. The van der Waals surface area contributed by atoms with E-state index in [9.17, 15) is 0 Å². The van der Waals surface area contributed by atoms with Gasteiger partial charge in [0, 0.05) is 18.8 Å². The molecule has 0 saturated carbocycles. The van der Waals surface area contributed by atoms with E-state index in [0.29, 0.717) is 5.92 Å². The molecule has 1 aromatic carbocycles. The third kappa shape index (κ3) is 2.99. The lowest BCUT2D eigenvalue weighted by molar-refractivity contribution is 0.0435. The molecule has 1 aromatic rings. The average Bonchev–Trinajstić information content (AvgIpc) is 2.39. The molecule has 1 fully saturated rings. The molecule has 0 spiro atoms. The number of anilines is 1. The van der Waals surface area contributed by atoms with Crippen LogP contribution in [0.1, 0.15) is 38.2 Å².